The highest BCUT2D eigenvalue weighted by Crippen LogP contribution is 2.21. The number of morpholine rings is 1. The second-order valence-corrected chi connectivity index (χ2v) is 4.79. The van der Waals surface area contributed by atoms with Crippen molar-refractivity contribution in [1.82, 2.24) is 9.88 Å². The number of aromatic nitrogens is 1. The Labute approximate surface area is 101 Å². The Morgan fingerprint density at radius 3 is 3.00 bits per heavy atom. The first-order chi connectivity index (χ1) is 8.00. The summed E-state index contributed by atoms with van der Waals surface area (Å²) in [5, 5.41) is 0. The average molecular weight is 235 g/mol. The Morgan fingerprint density at radius 1 is 1.59 bits per heavy atom. The molecule has 17 heavy (non-hydrogen) atoms. The molecular formula is C12H17N3O2. The zero-order valence-corrected chi connectivity index (χ0v) is 10.1. The van der Waals surface area contributed by atoms with Crippen molar-refractivity contribution >= 4 is 11.7 Å². The largest absolute Gasteiger partial charge is 0.384 e. The molecule has 0 atom stereocenters. The molecule has 2 N–H and O–H groups in total. The van der Waals surface area contributed by atoms with E-state index >= 15 is 0 Å². The van der Waals surface area contributed by atoms with Gasteiger partial charge in [0.1, 0.15) is 5.82 Å². The lowest BCUT2D eigenvalue weighted by atomic mass is 10.0. The van der Waals surface area contributed by atoms with Gasteiger partial charge in [0.05, 0.1) is 18.8 Å². The zero-order chi connectivity index (χ0) is 12.5. The molecular weight excluding hydrogens is 218 g/mol. The summed E-state index contributed by atoms with van der Waals surface area (Å²) in [6, 6.07) is 3.29. The van der Waals surface area contributed by atoms with Gasteiger partial charge < -0.3 is 15.4 Å². The lowest BCUT2D eigenvalue weighted by Crippen LogP contribution is -2.55. The smallest absolute Gasteiger partial charge is 0.254 e. The minimum absolute atomic E-state index is 0.0209. The van der Waals surface area contributed by atoms with Gasteiger partial charge in [-0.15, -0.1) is 0 Å². The molecule has 0 aliphatic carbocycles. The molecule has 0 saturated carbocycles. The number of anilines is 1. The zero-order valence-electron chi connectivity index (χ0n) is 10.1. The van der Waals surface area contributed by atoms with Gasteiger partial charge in [0.2, 0.25) is 0 Å². The average Bonchev–Trinajstić information content (AvgIpc) is 2.27. The highest BCUT2D eigenvalue weighted by atomic mass is 16.5. The Bertz CT molecular complexity index is 432. The van der Waals surface area contributed by atoms with Crippen molar-refractivity contribution in [1.29, 1.82) is 0 Å². The highest BCUT2D eigenvalue weighted by Gasteiger charge is 2.34. The van der Waals surface area contributed by atoms with Crippen LogP contribution in [-0.2, 0) is 4.74 Å². The number of nitrogens with zero attached hydrogens (tertiary/aromatic N) is 2. The van der Waals surface area contributed by atoms with Crippen LogP contribution in [0.2, 0.25) is 0 Å². The SMILES string of the molecule is CC1(C)COCCN1C(=O)c1ccnc(N)c1. The lowest BCUT2D eigenvalue weighted by molar-refractivity contribution is -0.0370. The van der Waals surface area contributed by atoms with E-state index in [2.05, 4.69) is 4.98 Å². The van der Waals surface area contributed by atoms with E-state index in [9.17, 15) is 4.79 Å². The molecule has 2 rings (SSSR count). The molecule has 0 bridgehead atoms. The predicted molar refractivity (Wildman–Crippen MR) is 64.6 cm³/mol. The topological polar surface area (TPSA) is 68.5 Å². The first-order valence-electron chi connectivity index (χ1n) is 5.62. The molecule has 1 aliphatic heterocycles. The van der Waals surface area contributed by atoms with Gasteiger partial charge in [0.25, 0.3) is 5.91 Å². The molecule has 0 spiro atoms. The maximum atomic E-state index is 12.4. The quantitative estimate of drug-likeness (QED) is 0.785. The molecule has 92 valence electrons. The number of carbonyl (C=O) groups is 1. The summed E-state index contributed by atoms with van der Waals surface area (Å²) in [4.78, 5) is 18.1. The van der Waals surface area contributed by atoms with E-state index in [0.717, 1.165) is 0 Å². The van der Waals surface area contributed by atoms with Gasteiger partial charge in [-0.3, -0.25) is 4.79 Å². The molecule has 1 aromatic heterocycles. The van der Waals surface area contributed by atoms with Crippen LogP contribution in [0.4, 0.5) is 5.82 Å². The normalized spacial score (nSPS) is 19.1. The summed E-state index contributed by atoms with van der Waals surface area (Å²) in [5.41, 5.74) is 5.88. The lowest BCUT2D eigenvalue weighted by Gasteiger charge is -2.42. The summed E-state index contributed by atoms with van der Waals surface area (Å²) in [6.45, 7) is 5.73. The minimum atomic E-state index is -0.284. The second kappa shape index (κ2) is 4.33. The number of hydrogen-bond acceptors (Lipinski definition) is 4. The number of nitrogen functional groups attached to an aromatic ring is 1. The van der Waals surface area contributed by atoms with E-state index in [1.165, 1.54) is 0 Å². The summed E-state index contributed by atoms with van der Waals surface area (Å²) in [5.74, 6) is 0.342. The minimum Gasteiger partial charge on any atom is -0.384 e. The molecule has 0 unspecified atom stereocenters. The molecule has 5 heteroatoms. The van der Waals surface area contributed by atoms with E-state index in [0.29, 0.717) is 31.1 Å². The van der Waals surface area contributed by atoms with E-state index in [1.807, 2.05) is 18.7 Å². The summed E-state index contributed by atoms with van der Waals surface area (Å²) in [6.07, 6.45) is 1.55. The molecule has 1 saturated heterocycles. The maximum Gasteiger partial charge on any atom is 0.254 e. The molecule has 2 heterocycles. The second-order valence-electron chi connectivity index (χ2n) is 4.79. The predicted octanol–water partition coefficient (Wildman–Crippen LogP) is 0.915. The Morgan fingerprint density at radius 2 is 2.35 bits per heavy atom. The molecule has 1 aromatic rings. The van der Waals surface area contributed by atoms with Crippen molar-refractivity contribution in [3.8, 4) is 0 Å². The van der Waals surface area contributed by atoms with Crippen LogP contribution in [0.3, 0.4) is 0 Å². The Kier molecular flexibility index (Phi) is 3.02. The molecule has 1 fully saturated rings. The van der Waals surface area contributed by atoms with Crippen molar-refractivity contribution in [2.45, 2.75) is 19.4 Å². The number of carbonyl (C=O) groups excluding carboxylic acids is 1. The van der Waals surface area contributed by atoms with Crippen molar-refractivity contribution in [3.05, 3.63) is 23.9 Å². The van der Waals surface area contributed by atoms with Crippen LogP contribution in [0.5, 0.6) is 0 Å². The summed E-state index contributed by atoms with van der Waals surface area (Å²) < 4.78 is 5.39. The van der Waals surface area contributed by atoms with E-state index in [4.69, 9.17) is 10.5 Å². The fourth-order valence-corrected chi connectivity index (χ4v) is 1.97. The number of hydrogen-bond donors (Lipinski definition) is 1. The first-order valence-corrected chi connectivity index (χ1v) is 5.62. The van der Waals surface area contributed by atoms with Gasteiger partial charge in [-0.1, -0.05) is 0 Å². The fourth-order valence-electron chi connectivity index (χ4n) is 1.97. The number of ether oxygens (including phenoxy) is 1. The van der Waals surface area contributed by atoms with Crippen LogP contribution >= 0.6 is 0 Å². The van der Waals surface area contributed by atoms with Crippen molar-refractivity contribution < 1.29 is 9.53 Å². The van der Waals surface area contributed by atoms with Gasteiger partial charge in [-0.2, -0.15) is 0 Å². The third kappa shape index (κ3) is 2.39. The molecule has 1 aliphatic rings. The van der Waals surface area contributed by atoms with E-state index < -0.39 is 0 Å². The van der Waals surface area contributed by atoms with Gasteiger partial charge in [0.15, 0.2) is 0 Å². The Hall–Kier alpha value is -1.62. The van der Waals surface area contributed by atoms with Crippen molar-refractivity contribution in [2.75, 3.05) is 25.5 Å². The first kappa shape index (κ1) is 11.9. The number of amides is 1. The molecule has 5 nitrogen and oxygen atoms in total. The van der Waals surface area contributed by atoms with Crippen LogP contribution in [0.25, 0.3) is 0 Å². The standard InChI is InChI=1S/C12H17N3O2/c1-12(2)8-17-6-5-15(12)11(16)9-3-4-14-10(13)7-9/h3-4,7H,5-6,8H2,1-2H3,(H2,13,14). The number of pyridine rings is 1. The molecule has 0 radical (unpaired) electrons. The highest BCUT2D eigenvalue weighted by molar-refractivity contribution is 5.95. The van der Waals surface area contributed by atoms with Gasteiger partial charge in [-0.25, -0.2) is 4.98 Å². The van der Waals surface area contributed by atoms with Gasteiger partial charge in [-0.05, 0) is 26.0 Å². The summed E-state index contributed by atoms with van der Waals surface area (Å²) in [7, 11) is 0. The number of rotatable bonds is 1. The molecule has 1 amide bonds. The van der Waals surface area contributed by atoms with Crippen molar-refractivity contribution in [2.24, 2.45) is 0 Å². The summed E-state index contributed by atoms with van der Waals surface area (Å²) >= 11 is 0. The van der Waals surface area contributed by atoms with Crippen LogP contribution < -0.4 is 5.73 Å². The third-order valence-corrected chi connectivity index (χ3v) is 2.92. The van der Waals surface area contributed by atoms with E-state index in [-0.39, 0.29) is 11.4 Å². The Balaban J connectivity index is 2.25. The van der Waals surface area contributed by atoms with Crippen LogP contribution in [0.15, 0.2) is 18.3 Å². The molecule has 0 aromatic carbocycles. The van der Waals surface area contributed by atoms with Crippen LogP contribution in [0, 0.1) is 0 Å². The van der Waals surface area contributed by atoms with Gasteiger partial charge in [0, 0.05) is 18.3 Å². The van der Waals surface area contributed by atoms with Gasteiger partial charge >= 0.3 is 0 Å². The van der Waals surface area contributed by atoms with E-state index in [1.54, 1.807) is 18.3 Å². The van der Waals surface area contributed by atoms with Crippen molar-refractivity contribution in [3.63, 3.8) is 0 Å². The van der Waals surface area contributed by atoms with Crippen LogP contribution in [-0.4, -0.2) is 41.1 Å². The number of nitrogens with two attached hydrogens (primary N) is 1. The third-order valence-electron chi connectivity index (χ3n) is 2.92. The maximum absolute atomic E-state index is 12.4. The van der Waals surface area contributed by atoms with Crippen LogP contribution in [0.1, 0.15) is 24.2 Å². The monoisotopic (exact) mass is 235 g/mol. The fraction of sp³-hybridized carbons (Fsp3) is 0.500.